The van der Waals surface area contributed by atoms with E-state index in [0.29, 0.717) is 16.3 Å². The first-order chi connectivity index (χ1) is 8.13. The molecule has 0 aliphatic heterocycles. The Morgan fingerprint density at radius 1 is 1.06 bits per heavy atom. The summed E-state index contributed by atoms with van der Waals surface area (Å²) in [6.45, 7) is 0. The lowest BCUT2D eigenvalue weighted by Gasteiger charge is -2.07. The highest BCUT2D eigenvalue weighted by Gasteiger charge is 2.12. The molecule has 0 spiro atoms. The van der Waals surface area contributed by atoms with E-state index >= 15 is 0 Å². The Morgan fingerprint density at radius 3 is 2.53 bits per heavy atom. The molecule has 0 aliphatic carbocycles. The lowest BCUT2D eigenvalue weighted by molar-refractivity contribution is 0.112. The van der Waals surface area contributed by atoms with E-state index < -0.39 is 11.6 Å². The molecule has 0 atom stereocenters. The van der Waals surface area contributed by atoms with Crippen LogP contribution < -0.4 is 0 Å². The minimum Gasteiger partial charge on any atom is -0.298 e. The van der Waals surface area contributed by atoms with Gasteiger partial charge in [-0.2, -0.15) is 0 Å². The van der Waals surface area contributed by atoms with Crippen molar-refractivity contribution in [2.75, 3.05) is 0 Å². The summed E-state index contributed by atoms with van der Waals surface area (Å²) >= 11 is 3.07. The third-order valence-electron chi connectivity index (χ3n) is 2.38. The second-order valence-corrected chi connectivity index (χ2v) is 4.31. The average Bonchev–Trinajstić information content (AvgIpc) is 2.33. The maximum Gasteiger partial charge on any atom is 0.150 e. The van der Waals surface area contributed by atoms with Crippen LogP contribution >= 0.6 is 15.9 Å². The summed E-state index contributed by atoms with van der Waals surface area (Å²) < 4.78 is 27.1. The van der Waals surface area contributed by atoms with E-state index in [9.17, 15) is 13.6 Å². The van der Waals surface area contributed by atoms with Gasteiger partial charge in [-0.1, -0.05) is 18.2 Å². The minimum atomic E-state index is -0.522. The molecule has 0 N–H and O–H groups in total. The summed E-state index contributed by atoms with van der Waals surface area (Å²) in [5.74, 6) is -0.992. The second kappa shape index (κ2) is 4.75. The van der Waals surface area contributed by atoms with Gasteiger partial charge in [0.2, 0.25) is 0 Å². The van der Waals surface area contributed by atoms with E-state index in [1.807, 2.05) is 0 Å². The van der Waals surface area contributed by atoms with Crippen molar-refractivity contribution < 1.29 is 13.6 Å². The van der Waals surface area contributed by atoms with Gasteiger partial charge in [-0.15, -0.1) is 0 Å². The molecule has 86 valence electrons. The van der Waals surface area contributed by atoms with Gasteiger partial charge in [-0.05, 0) is 39.7 Å². The van der Waals surface area contributed by atoms with Gasteiger partial charge in [0.15, 0.2) is 6.29 Å². The Kier molecular flexibility index (Phi) is 3.33. The van der Waals surface area contributed by atoms with E-state index in [-0.39, 0.29) is 11.1 Å². The topological polar surface area (TPSA) is 17.1 Å². The molecule has 0 saturated carbocycles. The predicted molar refractivity (Wildman–Crippen MR) is 64.9 cm³/mol. The third-order valence-corrected chi connectivity index (χ3v) is 2.99. The van der Waals surface area contributed by atoms with Crippen molar-refractivity contribution in [3.63, 3.8) is 0 Å². The summed E-state index contributed by atoms with van der Waals surface area (Å²) in [6.07, 6.45) is 0.513. The second-order valence-electron chi connectivity index (χ2n) is 3.45. The van der Waals surface area contributed by atoms with Crippen LogP contribution in [0.3, 0.4) is 0 Å². The molecular formula is C13H7BrF2O. The zero-order valence-electron chi connectivity index (χ0n) is 8.58. The largest absolute Gasteiger partial charge is 0.298 e. The molecule has 0 fully saturated rings. The molecule has 0 saturated heterocycles. The number of carbonyl (C=O) groups excluding carboxylic acids is 1. The van der Waals surface area contributed by atoms with Gasteiger partial charge in [-0.25, -0.2) is 8.78 Å². The predicted octanol–water partition coefficient (Wildman–Crippen LogP) is 4.21. The van der Waals surface area contributed by atoms with Gasteiger partial charge in [0.1, 0.15) is 11.6 Å². The van der Waals surface area contributed by atoms with Crippen molar-refractivity contribution in [3.05, 3.63) is 58.1 Å². The molecule has 0 unspecified atom stereocenters. The van der Waals surface area contributed by atoms with Crippen LogP contribution in [0.4, 0.5) is 8.78 Å². The molecule has 0 aliphatic rings. The lowest BCUT2D eigenvalue weighted by Crippen LogP contribution is -1.92. The van der Waals surface area contributed by atoms with Crippen LogP contribution in [0.25, 0.3) is 11.1 Å². The summed E-state index contributed by atoms with van der Waals surface area (Å²) in [6, 6.07) is 8.43. The fraction of sp³-hybridized carbons (Fsp3) is 0. The van der Waals surface area contributed by atoms with Crippen LogP contribution in [0, 0.1) is 11.6 Å². The van der Waals surface area contributed by atoms with Crippen LogP contribution in [0.2, 0.25) is 0 Å². The molecule has 2 aromatic rings. The van der Waals surface area contributed by atoms with E-state index in [2.05, 4.69) is 15.9 Å². The zero-order valence-corrected chi connectivity index (χ0v) is 10.2. The van der Waals surface area contributed by atoms with Crippen molar-refractivity contribution in [1.82, 2.24) is 0 Å². The summed E-state index contributed by atoms with van der Waals surface area (Å²) in [5.41, 5.74) is 0.767. The standard InChI is InChI=1S/C13H7BrF2O/c14-12-3-1-2-11(13(12)16)10-5-4-9(15)6-8(10)7-17/h1-7H. The normalized spacial score (nSPS) is 10.3. The van der Waals surface area contributed by atoms with E-state index in [4.69, 9.17) is 0 Å². The molecule has 0 heterocycles. The first kappa shape index (κ1) is 11.9. The monoisotopic (exact) mass is 296 g/mol. The van der Waals surface area contributed by atoms with Crippen molar-refractivity contribution in [3.8, 4) is 11.1 Å². The number of hydrogen-bond donors (Lipinski definition) is 0. The van der Waals surface area contributed by atoms with Gasteiger partial charge < -0.3 is 0 Å². The maximum absolute atomic E-state index is 13.8. The third kappa shape index (κ3) is 2.26. The number of hydrogen-bond acceptors (Lipinski definition) is 1. The first-order valence-corrected chi connectivity index (χ1v) is 5.62. The highest BCUT2D eigenvalue weighted by Crippen LogP contribution is 2.29. The zero-order chi connectivity index (χ0) is 12.4. The van der Waals surface area contributed by atoms with E-state index in [1.54, 1.807) is 18.2 Å². The Hall–Kier alpha value is -1.55. The molecule has 17 heavy (non-hydrogen) atoms. The van der Waals surface area contributed by atoms with Crippen molar-refractivity contribution in [1.29, 1.82) is 0 Å². The minimum absolute atomic E-state index is 0.127. The van der Waals surface area contributed by atoms with E-state index in [1.165, 1.54) is 12.1 Å². The Morgan fingerprint density at radius 2 is 1.82 bits per heavy atom. The maximum atomic E-state index is 13.8. The van der Waals surface area contributed by atoms with E-state index in [0.717, 1.165) is 6.07 Å². The molecule has 0 radical (unpaired) electrons. The van der Waals surface area contributed by atoms with Crippen LogP contribution in [0.5, 0.6) is 0 Å². The Balaban J connectivity index is 2.68. The average molecular weight is 297 g/mol. The Labute approximate surface area is 105 Å². The van der Waals surface area contributed by atoms with Gasteiger partial charge >= 0.3 is 0 Å². The number of benzene rings is 2. The van der Waals surface area contributed by atoms with Crippen molar-refractivity contribution in [2.24, 2.45) is 0 Å². The van der Waals surface area contributed by atoms with Crippen LogP contribution in [0.1, 0.15) is 10.4 Å². The molecule has 2 aromatic carbocycles. The fourth-order valence-electron chi connectivity index (χ4n) is 1.59. The molecule has 0 bridgehead atoms. The number of halogens is 3. The van der Waals surface area contributed by atoms with Gasteiger partial charge in [0.05, 0.1) is 4.47 Å². The number of rotatable bonds is 2. The number of aldehydes is 1. The van der Waals surface area contributed by atoms with Gasteiger partial charge in [-0.3, -0.25) is 4.79 Å². The summed E-state index contributed by atoms with van der Waals surface area (Å²) in [7, 11) is 0. The SMILES string of the molecule is O=Cc1cc(F)ccc1-c1cccc(Br)c1F. The van der Waals surface area contributed by atoms with Crippen molar-refractivity contribution in [2.45, 2.75) is 0 Å². The lowest BCUT2D eigenvalue weighted by atomic mass is 10.00. The summed E-state index contributed by atoms with van der Waals surface area (Å²) in [4.78, 5) is 10.8. The quantitative estimate of drug-likeness (QED) is 0.759. The summed E-state index contributed by atoms with van der Waals surface area (Å²) in [5, 5.41) is 0. The smallest absolute Gasteiger partial charge is 0.150 e. The van der Waals surface area contributed by atoms with Crippen molar-refractivity contribution >= 4 is 22.2 Å². The molecule has 1 nitrogen and oxygen atoms in total. The van der Waals surface area contributed by atoms with Gasteiger partial charge in [0, 0.05) is 11.1 Å². The van der Waals surface area contributed by atoms with Crippen LogP contribution in [0.15, 0.2) is 40.9 Å². The highest BCUT2D eigenvalue weighted by molar-refractivity contribution is 9.10. The first-order valence-electron chi connectivity index (χ1n) is 4.82. The molecule has 0 amide bonds. The molecule has 0 aromatic heterocycles. The fourth-order valence-corrected chi connectivity index (χ4v) is 1.95. The molecule has 2 rings (SSSR count). The molecular weight excluding hydrogens is 290 g/mol. The number of carbonyl (C=O) groups is 1. The molecule has 4 heteroatoms. The Bertz CT molecular complexity index is 582. The van der Waals surface area contributed by atoms with Crippen LogP contribution in [-0.2, 0) is 0 Å². The highest BCUT2D eigenvalue weighted by atomic mass is 79.9. The van der Waals surface area contributed by atoms with Crippen LogP contribution in [-0.4, -0.2) is 6.29 Å². The van der Waals surface area contributed by atoms with Gasteiger partial charge in [0.25, 0.3) is 0 Å².